The van der Waals surface area contributed by atoms with Crippen LogP contribution in [-0.4, -0.2) is 23.9 Å². The summed E-state index contributed by atoms with van der Waals surface area (Å²) in [6.07, 6.45) is 0. The number of anilines is 1. The molecule has 0 bridgehead atoms. The van der Waals surface area contributed by atoms with Gasteiger partial charge in [-0.3, -0.25) is 9.69 Å². The molecule has 0 spiro atoms. The molecule has 0 saturated heterocycles. The van der Waals surface area contributed by atoms with Gasteiger partial charge in [0.15, 0.2) is 0 Å². The second kappa shape index (κ2) is 7.68. The van der Waals surface area contributed by atoms with Gasteiger partial charge in [-0.25, -0.2) is 4.39 Å². The van der Waals surface area contributed by atoms with Gasteiger partial charge < -0.3 is 5.32 Å². The molecule has 0 atom stereocenters. The van der Waals surface area contributed by atoms with Crippen molar-refractivity contribution < 1.29 is 9.18 Å². The van der Waals surface area contributed by atoms with E-state index in [1.54, 1.807) is 23.5 Å². The Bertz CT molecular complexity index is 600. The molecule has 0 saturated carbocycles. The first-order valence-electron chi connectivity index (χ1n) is 6.59. The summed E-state index contributed by atoms with van der Waals surface area (Å²) in [6.45, 7) is 3.85. The zero-order valence-electron chi connectivity index (χ0n) is 11.6. The van der Waals surface area contributed by atoms with E-state index in [2.05, 4.69) is 32.2 Å². The lowest BCUT2D eigenvalue weighted by molar-refractivity contribution is -0.117. The Kier molecular flexibility index (Phi) is 5.90. The van der Waals surface area contributed by atoms with Crippen LogP contribution in [0.1, 0.15) is 11.8 Å². The summed E-state index contributed by atoms with van der Waals surface area (Å²) < 4.78 is 13.9. The SMILES string of the molecule is CCN(CC(=O)Nc1ccc(F)cc1)Cc1ccc(Br)s1. The third kappa shape index (κ3) is 5.22. The van der Waals surface area contributed by atoms with Gasteiger partial charge in [0.2, 0.25) is 5.91 Å². The highest BCUT2D eigenvalue weighted by molar-refractivity contribution is 9.11. The lowest BCUT2D eigenvalue weighted by Crippen LogP contribution is -2.32. The third-order valence-electron chi connectivity index (χ3n) is 2.95. The van der Waals surface area contributed by atoms with Crippen molar-refractivity contribution in [2.75, 3.05) is 18.4 Å². The Balaban J connectivity index is 1.88. The number of halogens is 2. The molecule has 0 fully saturated rings. The summed E-state index contributed by atoms with van der Waals surface area (Å²) in [5.41, 5.74) is 0.608. The molecule has 1 amide bonds. The first-order chi connectivity index (χ1) is 10.1. The average molecular weight is 371 g/mol. The number of amides is 1. The van der Waals surface area contributed by atoms with Gasteiger partial charge in [0.1, 0.15) is 5.82 Å². The topological polar surface area (TPSA) is 32.3 Å². The minimum Gasteiger partial charge on any atom is -0.325 e. The average Bonchev–Trinajstić information content (AvgIpc) is 2.86. The molecule has 112 valence electrons. The maximum Gasteiger partial charge on any atom is 0.238 e. The van der Waals surface area contributed by atoms with Crippen LogP contribution < -0.4 is 5.32 Å². The van der Waals surface area contributed by atoms with Crippen molar-refractivity contribution in [3.05, 3.63) is 50.9 Å². The molecule has 1 aromatic carbocycles. The molecule has 21 heavy (non-hydrogen) atoms. The normalized spacial score (nSPS) is 10.9. The van der Waals surface area contributed by atoms with E-state index in [1.807, 2.05) is 13.0 Å². The Morgan fingerprint density at radius 2 is 2.00 bits per heavy atom. The van der Waals surface area contributed by atoms with Crippen LogP contribution in [0.25, 0.3) is 0 Å². The molecule has 2 aromatic rings. The van der Waals surface area contributed by atoms with Crippen LogP contribution >= 0.6 is 27.3 Å². The summed E-state index contributed by atoms with van der Waals surface area (Å²) in [7, 11) is 0. The fourth-order valence-corrected chi connectivity index (χ4v) is 3.40. The van der Waals surface area contributed by atoms with Crippen LogP contribution in [0.5, 0.6) is 0 Å². The molecule has 1 N–H and O–H groups in total. The minimum absolute atomic E-state index is 0.0981. The number of nitrogens with zero attached hydrogens (tertiary/aromatic N) is 1. The standard InChI is InChI=1S/C15H16BrFN2OS/c1-2-19(9-13-7-8-14(16)21-13)10-15(20)18-12-5-3-11(17)4-6-12/h3-8H,2,9-10H2,1H3,(H,18,20). The van der Waals surface area contributed by atoms with Crippen molar-refractivity contribution in [3.8, 4) is 0 Å². The predicted molar refractivity (Wildman–Crippen MR) is 88.0 cm³/mol. The Morgan fingerprint density at radius 3 is 2.57 bits per heavy atom. The Labute approximate surface area is 135 Å². The van der Waals surface area contributed by atoms with Gasteiger partial charge in [0.05, 0.1) is 10.3 Å². The van der Waals surface area contributed by atoms with Gasteiger partial charge >= 0.3 is 0 Å². The van der Waals surface area contributed by atoms with Crippen LogP contribution in [0.2, 0.25) is 0 Å². The molecule has 0 unspecified atom stereocenters. The second-order valence-corrected chi connectivity index (χ2v) is 7.11. The molecule has 2 rings (SSSR count). The molecule has 6 heteroatoms. The molecule has 1 aromatic heterocycles. The number of rotatable bonds is 6. The molecule has 0 aliphatic carbocycles. The van der Waals surface area contributed by atoms with Gasteiger partial charge in [0, 0.05) is 17.1 Å². The van der Waals surface area contributed by atoms with E-state index in [0.29, 0.717) is 12.2 Å². The summed E-state index contributed by atoms with van der Waals surface area (Å²) in [4.78, 5) is 15.3. The van der Waals surface area contributed by atoms with Crippen LogP contribution in [0, 0.1) is 5.82 Å². The van der Waals surface area contributed by atoms with Crippen molar-refractivity contribution in [3.63, 3.8) is 0 Å². The summed E-state index contributed by atoms with van der Waals surface area (Å²) in [5, 5.41) is 2.77. The second-order valence-electron chi connectivity index (χ2n) is 4.56. The Hall–Kier alpha value is -1.24. The number of carbonyl (C=O) groups is 1. The van der Waals surface area contributed by atoms with Gasteiger partial charge in [-0.1, -0.05) is 6.92 Å². The quantitative estimate of drug-likeness (QED) is 0.829. The zero-order chi connectivity index (χ0) is 15.2. The number of benzene rings is 1. The van der Waals surface area contributed by atoms with Gasteiger partial charge in [-0.15, -0.1) is 11.3 Å². The molecular weight excluding hydrogens is 355 g/mol. The van der Waals surface area contributed by atoms with E-state index in [4.69, 9.17) is 0 Å². The first kappa shape index (κ1) is 16.1. The van der Waals surface area contributed by atoms with E-state index in [0.717, 1.165) is 16.9 Å². The Morgan fingerprint density at radius 1 is 1.29 bits per heavy atom. The monoisotopic (exact) mass is 370 g/mol. The number of nitrogens with one attached hydrogen (secondary N) is 1. The summed E-state index contributed by atoms with van der Waals surface area (Å²) >= 11 is 5.10. The first-order valence-corrected chi connectivity index (χ1v) is 8.19. The molecule has 3 nitrogen and oxygen atoms in total. The molecule has 0 aliphatic heterocycles. The van der Waals surface area contributed by atoms with Gasteiger partial charge in [-0.2, -0.15) is 0 Å². The number of carbonyl (C=O) groups excluding carboxylic acids is 1. The van der Waals surface area contributed by atoms with E-state index in [1.165, 1.54) is 17.0 Å². The smallest absolute Gasteiger partial charge is 0.238 e. The van der Waals surface area contributed by atoms with Crippen LogP contribution in [0.15, 0.2) is 40.2 Å². The van der Waals surface area contributed by atoms with E-state index in [-0.39, 0.29) is 11.7 Å². The van der Waals surface area contributed by atoms with E-state index < -0.39 is 0 Å². The fraction of sp³-hybridized carbons (Fsp3) is 0.267. The number of thiophene rings is 1. The minimum atomic E-state index is -0.313. The van der Waals surface area contributed by atoms with Crippen LogP contribution in [0.3, 0.4) is 0 Å². The van der Waals surface area contributed by atoms with Crippen molar-refractivity contribution >= 4 is 38.9 Å². The lowest BCUT2D eigenvalue weighted by atomic mass is 10.3. The molecule has 0 aliphatic rings. The fourth-order valence-electron chi connectivity index (χ4n) is 1.87. The van der Waals surface area contributed by atoms with Gasteiger partial charge in [-0.05, 0) is 58.9 Å². The van der Waals surface area contributed by atoms with Crippen molar-refractivity contribution in [2.45, 2.75) is 13.5 Å². The summed E-state index contributed by atoms with van der Waals surface area (Å²) in [6, 6.07) is 9.83. The largest absolute Gasteiger partial charge is 0.325 e. The molecule has 0 radical (unpaired) electrons. The zero-order valence-corrected chi connectivity index (χ0v) is 14.0. The van der Waals surface area contributed by atoms with E-state index >= 15 is 0 Å². The molecule has 1 heterocycles. The molecular formula is C15H16BrFN2OS. The van der Waals surface area contributed by atoms with E-state index in [9.17, 15) is 9.18 Å². The third-order valence-corrected chi connectivity index (χ3v) is 4.56. The van der Waals surface area contributed by atoms with Gasteiger partial charge in [0.25, 0.3) is 0 Å². The van der Waals surface area contributed by atoms with Crippen molar-refractivity contribution in [2.24, 2.45) is 0 Å². The number of likely N-dealkylation sites (N-methyl/N-ethyl adjacent to an activating group) is 1. The van der Waals surface area contributed by atoms with Crippen LogP contribution in [-0.2, 0) is 11.3 Å². The maximum absolute atomic E-state index is 12.8. The number of hydrogen-bond donors (Lipinski definition) is 1. The predicted octanol–water partition coefficient (Wildman–Crippen LogP) is 4.11. The number of hydrogen-bond acceptors (Lipinski definition) is 3. The van der Waals surface area contributed by atoms with Crippen molar-refractivity contribution in [1.82, 2.24) is 4.90 Å². The van der Waals surface area contributed by atoms with Crippen LogP contribution in [0.4, 0.5) is 10.1 Å². The van der Waals surface area contributed by atoms with Crippen molar-refractivity contribution in [1.29, 1.82) is 0 Å². The highest BCUT2D eigenvalue weighted by atomic mass is 79.9. The summed E-state index contributed by atoms with van der Waals surface area (Å²) in [5.74, 6) is -0.412. The lowest BCUT2D eigenvalue weighted by Gasteiger charge is -2.19. The highest BCUT2D eigenvalue weighted by Gasteiger charge is 2.11. The highest BCUT2D eigenvalue weighted by Crippen LogP contribution is 2.23. The maximum atomic E-state index is 12.8.